The van der Waals surface area contributed by atoms with Crippen LogP contribution in [-0.2, 0) is 0 Å². The first kappa shape index (κ1) is 18.5. The first-order valence-electron chi connectivity index (χ1n) is 9.56. The van der Waals surface area contributed by atoms with E-state index >= 15 is 0 Å². The number of piperidine rings is 1. The Morgan fingerprint density at radius 1 is 1.13 bits per heavy atom. The quantitative estimate of drug-likeness (QED) is 0.630. The van der Waals surface area contributed by atoms with Crippen molar-refractivity contribution >= 4 is 6.03 Å². The number of likely N-dealkylation sites (tertiary alicyclic amines) is 1. The van der Waals surface area contributed by atoms with Gasteiger partial charge < -0.3 is 20.6 Å². The second kappa shape index (κ2) is 10.1. The van der Waals surface area contributed by atoms with Crippen molar-refractivity contribution in [2.24, 2.45) is 11.8 Å². The SMILES string of the molecule is CC1CCN(CCCCNC(=O)NC2CCCCC2CO)CC1. The van der Waals surface area contributed by atoms with Gasteiger partial charge in [-0.05, 0) is 64.1 Å². The van der Waals surface area contributed by atoms with E-state index in [-0.39, 0.29) is 24.6 Å². The topological polar surface area (TPSA) is 64.6 Å². The molecule has 0 spiro atoms. The molecule has 1 saturated carbocycles. The Kier molecular flexibility index (Phi) is 8.17. The lowest BCUT2D eigenvalue weighted by Crippen LogP contribution is -2.47. The highest BCUT2D eigenvalue weighted by atomic mass is 16.3. The van der Waals surface area contributed by atoms with Crippen LogP contribution < -0.4 is 10.6 Å². The Morgan fingerprint density at radius 2 is 1.87 bits per heavy atom. The zero-order valence-corrected chi connectivity index (χ0v) is 14.7. The maximum Gasteiger partial charge on any atom is 0.315 e. The lowest BCUT2D eigenvalue weighted by atomic mass is 9.85. The predicted molar refractivity (Wildman–Crippen MR) is 93.4 cm³/mol. The molecule has 1 heterocycles. The number of amides is 2. The van der Waals surface area contributed by atoms with Crippen molar-refractivity contribution in [1.82, 2.24) is 15.5 Å². The molecule has 2 rings (SSSR count). The van der Waals surface area contributed by atoms with E-state index in [0.717, 1.165) is 51.1 Å². The van der Waals surface area contributed by atoms with E-state index in [9.17, 15) is 9.90 Å². The molecule has 0 radical (unpaired) electrons. The number of nitrogens with zero attached hydrogens (tertiary/aromatic N) is 1. The number of carbonyl (C=O) groups is 1. The lowest BCUT2D eigenvalue weighted by Gasteiger charge is -2.31. The van der Waals surface area contributed by atoms with Gasteiger partial charge in [0.05, 0.1) is 0 Å². The minimum atomic E-state index is -0.0675. The van der Waals surface area contributed by atoms with E-state index < -0.39 is 0 Å². The van der Waals surface area contributed by atoms with Crippen molar-refractivity contribution in [3.63, 3.8) is 0 Å². The van der Waals surface area contributed by atoms with Gasteiger partial charge in [-0.3, -0.25) is 0 Å². The van der Waals surface area contributed by atoms with E-state index in [1.165, 1.54) is 32.4 Å². The number of aliphatic hydroxyl groups excluding tert-OH is 1. The minimum absolute atomic E-state index is 0.0675. The number of hydrogen-bond acceptors (Lipinski definition) is 3. The Labute approximate surface area is 141 Å². The summed E-state index contributed by atoms with van der Waals surface area (Å²) in [4.78, 5) is 14.5. The predicted octanol–water partition coefficient (Wildman–Crippen LogP) is 2.35. The van der Waals surface area contributed by atoms with Crippen LogP contribution in [0.5, 0.6) is 0 Å². The van der Waals surface area contributed by atoms with Crippen LogP contribution >= 0.6 is 0 Å². The molecule has 5 nitrogen and oxygen atoms in total. The van der Waals surface area contributed by atoms with Gasteiger partial charge in [0.15, 0.2) is 0 Å². The molecule has 1 saturated heterocycles. The molecule has 2 aliphatic rings. The van der Waals surface area contributed by atoms with E-state index in [1.807, 2.05) is 0 Å². The molecule has 0 bridgehead atoms. The Bertz CT molecular complexity index is 343. The van der Waals surface area contributed by atoms with Gasteiger partial charge in [-0.25, -0.2) is 4.79 Å². The third-order valence-electron chi connectivity index (χ3n) is 5.52. The minimum Gasteiger partial charge on any atom is -0.396 e. The number of aliphatic hydroxyl groups is 1. The van der Waals surface area contributed by atoms with Crippen LogP contribution in [0.3, 0.4) is 0 Å². The molecular weight excluding hydrogens is 290 g/mol. The van der Waals surface area contributed by atoms with Crippen LogP contribution in [0.15, 0.2) is 0 Å². The molecule has 2 fully saturated rings. The smallest absolute Gasteiger partial charge is 0.315 e. The Morgan fingerprint density at radius 3 is 2.61 bits per heavy atom. The maximum atomic E-state index is 12.0. The first-order valence-corrected chi connectivity index (χ1v) is 9.56. The molecule has 0 aromatic rings. The van der Waals surface area contributed by atoms with Crippen molar-refractivity contribution < 1.29 is 9.90 Å². The summed E-state index contributed by atoms with van der Waals surface area (Å²) in [5.41, 5.74) is 0. The Hall–Kier alpha value is -0.810. The van der Waals surface area contributed by atoms with Gasteiger partial charge >= 0.3 is 6.03 Å². The van der Waals surface area contributed by atoms with Crippen LogP contribution in [0.25, 0.3) is 0 Å². The van der Waals surface area contributed by atoms with Gasteiger partial charge in [0, 0.05) is 25.1 Å². The maximum absolute atomic E-state index is 12.0. The van der Waals surface area contributed by atoms with Gasteiger partial charge in [-0.2, -0.15) is 0 Å². The molecule has 2 amide bonds. The third-order valence-corrected chi connectivity index (χ3v) is 5.52. The van der Waals surface area contributed by atoms with Crippen molar-refractivity contribution in [3.8, 4) is 0 Å². The molecule has 5 heteroatoms. The highest BCUT2D eigenvalue weighted by Gasteiger charge is 2.25. The first-order chi connectivity index (χ1) is 11.2. The number of rotatable bonds is 7. The molecule has 2 atom stereocenters. The van der Waals surface area contributed by atoms with Crippen molar-refractivity contribution in [2.45, 2.75) is 64.3 Å². The number of carbonyl (C=O) groups excluding carboxylic acids is 1. The normalized spacial score (nSPS) is 26.9. The van der Waals surface area contributed by atoms with Crippen LogP contribution in [0, 0.1) is 11.8 Å². The van der Waals surface area contributed by atoms with Crippen LogP contribution in [0.4, 0.5) is 4.79 Å². The summed E-state index contributed by atoms with van der Waals surface area (Å²) in [6.07, 6.45) is 9.17. The van der Waals surface area contributed by atoms with Gasteiger partial charge in [-0.15, -0.1) is 0 Å². The fourth-order valence-corrected chi connectivity index (χ4v) is 3.78. The number of urea groups is 1. The fraction of sp³-hybridized carbons (Fsp3) is 0.944. The lowest BCUT2D eigenvalue weighted by molar-refractivity contribution is 0.153. The van der Waals surface area contributed by atoms with Crippen LogP contribution in [0.1, 0.15) is 58.3 Å². The molecule has 3 N–H and O–H groups in total. The second-order valence-corrected chi connectivity index (χ2v) is 7.47. The van der Waals surface area contributed by atoms with Gasteiger partial charge in [0.2, 0.25) is 0 Å². The summed E-state index contributed by atoms with van der Waals surface area (Å²) >= 11 is 0. The Balaban J connectivity index is 1.51. The van der Waals surface area contributed by atoms with E-state index in [2.05, 4.69) is 22.5 Å². The van der Waals surface area contributed by atoms with Crippen molar-refractivity contribution in [2.75, 3.05) is 32.8 Å². The molecule has 0 aromatic carbocycles. The monoisotopic (exact) mass is 325 g/mol. The average Bonchev–Trinajstić information content (AvgIpc) is 2.57. The number of hydrogen-bond donors (Lipinski definition) is 3. The summed E-state index contributed by atoms with van der Waals surface area (Å²) in [6.45, 7) is 6.89. The molecule has 134 valence electrons. The zero-order chi connectivity index (χ0) is 16.5. The summed E-state index contributed by atoms with van der Waals surface area (Å²) in [5, 5.41) is 15.4. The van der Waals surface area contributed by atoms with Gasteiger partial charge in [-0.1, -0.05) is 19.8 Å². The van der Waals surface area contributed by atoms with E-state index in [4.69, 9.17) is 0 Å². The van der Waals surface area contributed by atoms with Crippen LogP contribution in [0.2, 0.25) is 0 Å². The summed E-state index contributed by atoms with van der Waals surface area (Å²) in [6, 6.07) is 0.0752. The molecular formula is C18H35N3O2. The van der Waals surface area contributed by atoms with Crippen LogP contribution in [-0.4, -0.2) is 54.9 Å². The number of unbranched alkanes of at least 4 members (excludes halogenated alkanes) is 1. The van der Waals surface area contributed by atoms with Crippen molar-refractivity contribution in [1.29, 1.82) is 0 Å². The van der Waals surface area contributed by atoms with E-state index in [1.54, 1.807) is 0 Å². The number of nitrogens with one attached hydrogen (secondary N) is 2. The van der Waals surface area contributed by atoms with Crippen molar-refractivity contribution in [3.05, 3.63) is 0 Å². The highest BCUT2D eigenvalue weighted by Crippen LogP contribution is 2.23. The highest BCUT2D eigenvalue weighted by molar-refractivity contribution is 5.74. The molecule has 0 aromatic heterocycles. The zero-order valence-electron chi connectivity index (χ0n) is 14.7. The third kappa shape index (κ3) is 6.68. The summed E-state index contributed by atoms with van der Waals surface area (Å²) in [7, 11) is 0. The molecule has 1 aliphatic heterocycles. The van der Waals surface area contributed by atoms with Gasteiger partial charge in [0.1, 0.15) is 0 Å². The largest absolute Gasteiger partial charge is 0.396 e. The second-order valence-electron chi connectivity index (χ2n) is 7.47. The average molecular weight is 325 g/mol. The molecule has 23 heavy (non-hydrogen) atoms. The molecule has 1 aliphatic carbocycles. The standard InChI is InChI=1S/C18H35N3O2/c1-15-8-12-21(13-9-15)11-5-4-10-19-18(23)20-17-7-3-2-6-16(17)14-22/h15-17,22H,2-14H2,1H3,(H2,19,20,23). The summed E-state index contributed by atoms with van der Waals surface area (Å²) < 4.78 is 0. The fourth-order valence-electron chi connectivity index (χ4n) is 3.78. The van der Waals surface area contributed by atoms with Gasteiger partial charge in [0.25, 0.3) is 0 Å². The summed E-state index contributed by atoms with van der Waals surface area (Å²) in [5.74, 6) is 1.12. The molecule has 2 unspecified atom stereocenters. The van der Waals surface area contributed by atoms with E-state index in [0.29, 0.717) is 0 Å².